The number of nitrogens with one attached hydrogen (secondary N) is 1. The summed E-state index contributed by atoms with van der Waals surface area (Å²) < 4.78 is 0. The predicted octanol–water partition coefficient (Wildman–Crippen LogP) is 3.67. The molecule has 0 spiro atoms. The third-order valence-electron chi connectivity index (χ3n) is 4.04. The summed E-state index contributed by atoms with van der Waals surface area (Å²) in [7, 11) is 0. The first-order valence-corrected chi connectivity index (χ1v) is 7.17. The van der Waals surface area contributed by atoms with Gasteiger partial charge in [0.25, 0.3) is 0 Å². The Morgan fingerprint density at radius 1 is 1.22 bits per heavy atom. The molecule has 0 radical (unpaired) electrons. The molecule has 2 rings (SSSR count). The summed E-state index contributed by atoms with van der Waals surface area (Å²) in [5.74, 6) is 0. The summed E-state index contributed by atoms with van der Waals surface area (Å²) in [4.78, 5) is 4.32. The topological polar surface area (TPSA) is 24.9 Å². The molecule has 0 saturated heterocycles. The highest BCUT2D eigenvalue weighted by atomic mass is 15.0. The molecular formula is C16H26N2. The fourth-order valence-electron chi connectivity index (χ4n) is 2.91. The average molecular weight is 246 g/mol. The van der Waals surface area contributed by atoms with Crippen LogP contribution in [0.25, 0.3) is 0 Å². The van der Waals surface area contributed by atoms with Crippen LogP contribution in [0.15, 0.2) is 24.5 Å². The van der Waals surface area contributed by atoms with Crippen LogP contribution in [-0.4, -0.2) is 17.1 Å². The number of aromatic nitrogens is 1. The van der Waals surface area contributed by atoms with Crippen molar-refractivity contribution in [1.29, 1.82) is 0 Å². The van der Waals surface area contributed by atoms with Crippen molar-refractivity contribution >= 4 is 0 Å². The number of hydrogen-bond donors (Lipinski definition) is 1. The fourth-order valence-corrected chi connectivity index (χ4v) is 2.91. The zero-order valence-electron chi connectivity index (χ0n) is 12.0. The van der Waals surface area contributed by atoms with Crippen molar-refractivity contribution in [3.8, 4) is 0 Å². The van der Waals surface area contributed by atoms with Gasteiger partial charge in [-0.3, -0.25) is 4.98 Å². The van der Waals surface area contributed by atoms with Crippen LogP contribution in [-0.2, 0) is 5.41 Å². The van der Waals surface area contributed by atoms with Crippen LogP contribution < -0.4 is 5.32 Å². The molecule has 1 N–H and O–H groups in total. The van der Waals surface area contributed by atoms with E-state index in [9.17, 15) is 0 Å². The average Bonchev–Trinajstić information content (AvgIpc) is 2.38. The quantitative estimate of drug-likeness (QED) is 0.880. The van der Waals surface area contributed by atoms with Crippen LogP contribution >= 0.6 is 0 Å². The van der Waals surface area contributed by atoms with E-state index in [2.05, 4.69) is 49.4 Å². The number of nitrogens with zero attached hydrogens (tertiary/aromatic N) is 1. The van der Waals surface area contributed by atoms with Crippen LogP contribution in [0.5, 0.6) is 0 Å². The Morgan fingerprint density at radius 2 is 1.94 bits per heavy atom. The Kier molecular flexibility index (Phi) is 4.06. The highest BCUT2D eigenvalue weighted by molar-refractivity contribution is 5.23. The zero-order chi connectivity index (χ0) is 13.1. The molecule has 1 saturated carbocycles. The van der Waals surface area contributed by atoms with E-state index in [0.717, 1.165) is 6.54 Å². The lowest BCUT2D eigenvalue weighted by Crippen LogP contribution is -2.47. The van der Waals surface area contributed by atoms with Gasteiger partial charge in [0.15, 0.2) is 0 Å². The molecule has 2 heteroatoms. The molecular weight excluding hydrogens is 220 g/mol. The lowest BCUT2D eigenvalue weighted by Gasteiger charge is -2.40. The SMILES string of the molecule is CC(C)(C)NCC1(c2cccnc2)CCCCC1. The molecule has 0 aromatic carbocycles. The van der Waals surface area contributed by atoms with Crippen LogP contribution in [0.2, 0.25) is 0 Å². The minimum Gasteiger partial charge on any atom is -0.311 e. The predicted molar refractivity (Wildman–Crippen MR) is 76.8 cm³/mol. The van der Waals surface area contributed by atoms with Crippen molar-refractivity contribution < 1.29 is 0 Å². The van der Waals surface area contributed by atoms with E-state index in [0.29, 0.717) is 5.41 Å². The molecule has 0 bridgehead atoms. The van der Waals surface area contributed by atoms with Crippen molar-refractivity contribution in [3.05, 3.63) is 30.1 Å². The third-order valence-corrected chi connectivity index (χ3v) is 4.04. The Bertz CT molecular complexity index is 358. The number of rotatable bonds is 3. The molecule has 100 valence electrons. The molecule has 0 unspecified atom stereocenters. The second kappa shape index (κ2) is 5.40. The highest BCUT2D eigenvalue weighted by Crippen LogP contribution is 2.38. The molecule has 0 amide bonds. The second-order valence-corrected chi connectivity index (χ2v) is 6.69. The molecule has 0 atom stereocenters. The molecule has 1 aromatic rings. The van der Waals surface area contributed by atoms with Crippen LogP contribution in [0.3, 0.4) is 0 Å². The van der Waals surface area contributed by atoms with Gasteiger partial charge < -0.3 is 5.32 Å². The highest BCUT2D eigenvalue weighted by Gasteiger charge is 2.34. The van der Waals surface area contributed by atoms with E-state index in [4.69, 9.17) is 0 Å². The number of pyridine rings is 1. The Labute approximate surface area is 111 Å². The van der Waals surface area contributed by atoms with Crippen molar-refractivity contribution in [3.63, 3.8) is 0 Å². The minimum atomic E-state index is 0.187. The van der Waals surface area contributed by atoms with Crippen LogP contribution in [0.4, 0.5) is 0 Å². The van der Waals surface area contributed by atoms with E-state index in [1.54, 1.807) is 0 Å². The molecule has 18 heavy (non-hydrogen) atoms. The van der Waals surface area contributed by atoms with Crippen LogP contribution in [0.1, 0.15) is 58.4 Å². The summed E-state index contributed by atoms with van der Waals surface area (Å²) in [6.07, 6.45) is 10.6. The molecule has 2 nitrogen and oxygen atoms in total. The fraction of sp³-hybridized carbons (Fsp3) is 0.688. The molecule has 1 heterocycles. The Hall–Kier alpha value is -0.890. The van der Waals surface area contributed by atoms with Crippen molar-refractivity contribution in [2.45, 2.75) is 63.8 Å². The number of hydrogen-bond acceptors (Lipinski definition) is 2. The van der Waals surface area contributed by atoms with E-state index >= 15 is 0 Å². The van der Waals surface area contributed by atoms with Crippen molar-refractivity contribution in [2.75, 3.05) is 6.54 Å². The summed E-state index contributed by atoms with van der Waals surface area (Å²) in [6, 6.07) is 4.32. The standard InChI is InChI=1S/C16H26N2/c1-15(2,3)18-13-16(9-5-4-6-10-16)14-8-7-11-17-12-14/h7-8,11-12,18H,4-6,9-10,13H2,1-3H3. The lowest BCUT2D eigenvalue weighted by molar-refractivity contribution is 0.253. The zero-order valence-corrected chi connectivity index (χ0v) is 12.0. The van der Waals surface area contributed by atoms with Gasteiger partial charge in [-0.15, -0.1) is 0 Å². The monoisotopic (exact) mass is 246 g/mol. The van der Waals surface area contributed by atoms with E-state index in [1.807, 2.05) is 6.20 Å². The van der Waals surface area contributed by atoms with Crippen LogP contribution in [0, 0.1) is 0 Å². The van der Waals surface area contributed by atoms with Gasteiger partial charge in [-0.25, -0.2) is 0 Å². The smallest absolute Gasteiger partial charge is 0.0306 e. The molecule has 1 aromatic heterocycles. The normalized spacial score (nSPS) is 19.7. The lowest BCUT2D eigenvalue weighted by atomic mass is 9.69. The maximum absolute atomic E-state index is 4.32. The molecule has 1 aliphatic carbocycles. The molecule has 1 fully saturated rings. The minimum absolute atomic E-state index is 0.187. The third kappa shape index (κ3) is 3.32. The first kappa shape index (κ1) is 13.5. The van der Waals surface area contributed by atoms with Gasteiger partial charge in [0.1, 0.15) is 0 Å². The Morgan fingerprint density at radius 3 is 2.50 bits per heavy atom. The van der Waals surface area contributed by atoms with Gasteiger partial charge in [0, 0.05) is 29.9 Å². The van der Waals surface area contributed by atoms with E-state index in [-0.39, 0.29) is 5.54 Å². The largest absolute Gasteiger partial charge is 0.311 e. The van der Waals surface area contributed by atoms with Gasteiger partial charge in [-0.05, 0) is 45.2 Å². The first-order valence-electron chi connectivity index (χ1n) is 7.17. The van der Waals surface area contributed by atoms with Gasteiger partial charge in [-0.1, -0.05) is 25.3 Å². The van der Waals surface area contributed by atoms with Crippen molar-refractivity contribution in [1.82, 2.24) is 10.3 Å². The van der Waals surface area contributed by atoms with Gasteiger partial charge in [0.2, 0.25) is 0 Å². The maximum atomic E-state index is 4.32. The Balaban J connectivity index is 2.18. The maximum Gasteiger partial charge on any atom is 0.0306 e. The van der Waals surface area contributed by atoms with Gasteiger partial charge >= 0.3 is 0 Å². The second-order valence-electron chi connectivity index (χ2n) is 6.69. The first-order chi connectivity index (χ1) is 8.52. The van der Waals surface area contributed by atoms with E-state index in [1.165, 1.54) is 37.7 Å². The van der Waals surface area contributed by atoms with Gasteiger partial charge in [0.05, 0.1) is 0 Å². The van der Waals surface area contributed by atoms with Crippen molar-refractivity contribution in [2.24, 2.45) is 0 Å². The molecule has 0 aliphatic heterocycles. The molecule has 1 aliphatic rings. The summed E-state index contributed by atoms with van der Waals surface area (Å²) >= 11 is 0. The summed E-state index contributed by atoms with van der Waals surface area (Å²) in [6.45, 7) is 7.80. The van der Waals surface area contributed by atoms with E-state index < -0.39 is 0 Å². The summed E-state index contributed by atoms with van der Waals surface area (Å²) in [5.41, 5.74) is 1.91. The van der Waals surface area contributed by atoms with Gasteiger partial charge in [-0.2, -0.15) is 0 Å². The summed E-state index contributed by atoms with van der Waals surface area (Å²) in [5, 5.41) is 3.70.